The standard InChI is InChI=1S/C8H6BrClO2/c9-6-2-1-5(3-7(6)10)4-8(11)12/h1-3H,4H2,(H,11,12). The number of carboxylic acids is 1. The van der Waals surface area contributed by atoms with E-state index >= 15 is 0 Å². The number of halogens is 2. The summed E-state index contributed by atoms with van der Waals surface area (Å²) in [7, 11) is 0. The molecule has 64 valence electrons. The number of aliphatic carboxylic acids is 1. The van der Waals surface area contributed by atoms with E-state index in [9.17, 15) is 4.79 Å². The van der Waals surface area contributed by atoms with Crippen LogP contribution in [0.2, 0.25) is 5.02 Å². The molecule has 0 atom stereocenters. The second kappa shape index (κ2) is 3.92. The normalized spacial score (nSPS) is 9.83. The zero-order valence-electron chi connectivity index (χ0n) is 6.05. The highest BCUT2D eigenvalue weighted by molar-refractivity contribution is 9.10. The lowest BCUT2D eigenvalue weighted by Crippen LogP contribution is -1.99. The van der Waals surface area contributed by atoms with Crippen molar-refractivity contribution in [1.29, 1.82) is 0 Å². The van der Waals surface area contributed by atoms with Gasteiger partial charge >= 0.3 is 5.97 Å². The predicted molar refractivity (Wildman–Crippen MR) is 50.5 cm³/mol. The largest absolute Gasteiger partial charge is 0.481 e. The van der Waals surface area contributed by atoms with Gasteiger partial charge in [0.1, 0.15) is 0 Å². The summed E-state index contributed by atoms with van der Waals surface area (Å²) in [5, 5.41) is 9.01. The molecule has 0 saturated heterocycles. The third-order valence-corrected chi connectivity index (χ3v) is 2.57. The summed E-state index contributed by atoms with van der Waals surface area (Å²) >= 11 is 8.97. The van der Waals surface area contributed by atoms with Gasteiger partial charge in [-0.1, -0.05) is 17.7 Å². The summed E-state index contributed by atoms with van der Waals surface area (Å²) in [6.07, 6.45) is 0.00694. The maximum atomic E-state index is 10.3. The Morgan fingerprint density at radius 2 is 2.25 bits per heavy atom. The summed E-state index contributed by atoms with van der Waals surface area (Å²) < 4.78 is 0.776. The number of hydrogen-bond acceptors (Lipinski definition) is 1. The van der Waals surface area contributed by atoms with E-state index in [1.165, 1.54) is 0 Å². The molecule has 0 fully saturated rings. The topological polar surface area (TPSA) is 37.3 Å². The van der Waals surface area contributed by atoms with E-state index in [0.717, 1.165) is 4.47 Å². The lowest BCUT2D eigenvalue weighted by atomic mass is 10.2. The minimum Gasteiger partial charge on any atom is -0.481 e. The van der Waals surface area contributed by atoms with Crippen LogP contribution >= 0.6 is 27.5 Å². The fourth-order valence-electron chi connectivity index (χ4n) is 0.824. The van der Waals surface area contributed by atoms with Crippen molar-refractivity contribution < 1.29 is 9.90 Å². The van der Waals surface area contributed by atoms with Crippen molar-refractivity contribution in [3.05, 3.63) is 33.3 Å². The summed E-state index contributed by atoms with van der Waals surface area (Å²) in [5.41, 5.74) is 0.704. The van der Waals surface area contributed by atoms with Gasteiger partial charge in [-0.3, -0.25) is 4.79 Å². The third-order valence-electron chi connectivity index (χ3n) is 1.34. The van der Waals surface area contributed by atoms with Gasteiger partial charge in [-0.05, 0) is 33.6 Å². The van der Waals surface area contributed by atoms with Gasteiger partial charge in [0.05, 0.1) is 11.4 Å². The Kier molecular flexibility index (Phi) is 3.12. The first-order valence-corrected chi connectivity index (χ1v) is 4.42. The van der Waals surface area contributed by atoms with Crippen LogP contribution in [0.25, 0.3) is 0 Å². The number of rotatable bonds is 2. The van der Waals surface area contributed by atoms with Crippen LogP contribution in [0, 0.1) is 0 Å². The minimum atomic E-state index is -0.853. The SMILES string of the molecule is O=C(O)Cc1ccc(Br)c(Cl)c1. The van der Waals surface area contributed by atoms with Crippen LogP contribution in [0.5, 0.6) is 0 Å². The van der Waals surface area contributed by atoms with Crippen LogP contribution in [0.15, 0.2) is 22.7 Å². The van der Waals surface area contributed by atoms with Crippen LogP contribution in [-0.4, -0.2) is 11.1 Å². The molecule has 0 amide bonds. The molecule has 0 spiro atoms. The van der Waals surface area contributed by atoms with Gasteiger partial charge in [0, 0.05) is 4.47 Å². The summed E-state index contributed by atoms with van der Waals surface area (Å²) in [4.78, 5) is 10.3. The van der Waals surface area contributed by atoms with Crippen LogP contribution in [-0.2, 0) is 11.2 Å². The molecule has 4 heteroatoms. The Bertz CT molecular complexity index is 312. The van der Waals surface area contributed by atoms with Crippen molar-refractivity contribution in [2.45, 2.75) is 6.42 Å². The monoisotopic (exact) mass is 248 g/mol. The Morgan fingerprint density at radius 1 is 1.58 bits per heavy atom. The van der Waals surface area contributed by atoms with E-state index in [2.05, 4.69) is 15.9 Å². The summed E-state index contributed by atoms with van der Waals surface area (Å²) in [5.74, 6) is -0.853. The highest BCUT2D eigenvalue weighted by Crippen LogP contribution is 2.23. The molecule has 0 aliphatic carbocycles. The first-order valence-electron chi connectivity index (χ1n) is 3.25. The van der Waals surface area contributed by atoms with Crippen LogP contribution < -0.4 is 0 Å². The third kappa shape index (κ3) is 2.50. The van der Waals surface area contributed by atoms with Crippen molar-refractivity contribution in [2.75, 3.05) is 0 Å². The molecule has 1 aromatic carbocycles. The lowest BCUT2D eigenvalue weighted by molar-refractivity contribution is -0.136. The van der Waals surface area contributed by atoms with Crippen molar-refractivity contribution >= 4 is 33.5 Å². The molecule has 0 aliphatic rings. The predicted octanol–water partition coefficient (Wildman–Crippen LogP) is 2.73. The number of hydrogen-bond donors (Lipinski definition) is 1. The van der Waals surface area contributed by atoms with Gasteiger partial charge in [-0.25, -0.2) is 0 Å². The summed E-state index contributed by atoms with van der Waals surface area (Å²) in [6.45, 7) is 0. The van der Waals surface area contributed by atoms with E-state index < -0.39 is 5.97 Å². The maximum Gasteiger partial charge on any atom is 0.307 e. The molecule has 0 unspecified atom stereocenters. The molecule has 0 saturated carbocycles. The second-order valence-electron chi connectivity index (χ2n) is 2.32. The molecule has 1 rings (SSSR count). The molecular formula is C8H6BrClO2. The first kappa shape index (κ1) is 9.55. The van der Waals surface area contributed by atoms with Crippen molar-refractivity contribution in [3.8, 4) is 0 Å². The fraction of sp³-hybridized carbons (Fsp3) is 0.125. The van der Waals surface area contributed by atoms with E-state index in [1.807, 2.05) is 0 Å². The zero-order chi connectivity index (χ0) is 9.14. The van der Waals surface area contributed by atoms with E-state index in [-0.39, 0.29) is 6.42 Å². The van der Waals surface area contributed by atoms with Gasteiger partial charge in [0.2, 0.25) is 0 Å². The maximum absolute atomic E-state index is 10.3. The molecular weight excluding hydrogens is 243 g/mol. The quantitative estimate of drug-likeness (QED) is 0.875. The van der Waals surface area contributed by atoms with Crippen LogP contribution in [0.4, 0.5) is 0 Å². The number of carboxylic acid groups (broad SMARTS) is 1. The van der Waals surface area contributed by atoms with Crippen LogP contribution in [0.3, 0.4) is 0 Å². The molecule has 0 aliphatic heterocycles. The highest BCUT2D eigenvalue weighted by Gasteiger charge is 2.02. The summed E-state index contributed by atoms with van der Waals surface area (Å²) in [6, 6.07) is 5.10. The minimum absolute atomic E-state index is 0.00694. The highest BCUT2D eigenvalue weighted by atomic mass is 79.9. The molecule has 0 radical (unpaired) electrons. The molecule has 0 aromatic heterocycles. The van der Waals surface area contributed by atoms with Gasteiger partial charge < -0.3 is 5.11 Å². The van der Waals surface area contributed by atoms with Crippen molar-refractivity contribution in [3.63, 3.8) is 0 Å². The van der Waals surface area contributed by atoms with Crippen molar-refractivity contribution in [1.82, 2.24) is 0 Å². The second-order valence-corrected chi connectivity index (χ2v) is 3.58. The number of carbonyl (C=O) groups is 1. The molecule has 2 nitrogen and oxygen atoms in total. The molecule has 1 aromatic rings. The van der Waals surface area contributed by atoms with Gasteiger partial charge in [-0.15, -0.1) is 0 Å². The fourth-order valence-corrected chi connectivity index (χ4v) is 1.27. The van der Waals surface area contributed by atoms with Gasteiger partial charge in [-0.2, -0.15) is 0 Å². The zero-order valence-corrected chi connectivity index (χ0v) is 8.39. The Hall–Kier alpha value is -0.540. The van der Waals surface area contributed by atoms with Gasteiger partial charge in [0.15, 0.2) is 0 Å². The Balaban J connectivity index is 2.89. The molecule has 0 bridgehead atoms. The average molecular weight is 249 g/mol. The smallest absolute Gasteiger partial charge is 0.307 e. The average Bonchev–Trinajstić information content (AvgIpc) is 1.96. The lowest BCUT2D eigenvalue weighted by Gasteiger charge is -1.99. The molecule has 12 heavy (non-hydrogen) atoms. The van der Waals surface area contributed by atoms with E-state index in [0.29, 0.717) is 10.6 Å². The Labute approximate surface area is 83.3 Å². The van der Waals surface area contributed by atoms with Crippen LogP contribution in [0.1, 0.15) is 5.56 Å². The van der Waals surface area contributed by atoms with E-state index in [4.69, 9.17) is 16.7 Å². The molecule has 1 N–H and O–H groups in total. The first-order chi connectivity index (χ1) is 5.59. The number of benzene rings is 1. The van der Waals surface area contributed by atoms with E-state index in [1.54, 1.807) is 18.2 Å². The molecule has 0 heterocycles. The van der Waals surface area contributed by atoms with Gasteiger partial charge in [0.25, 0.3) is 0 Å². The van der Waals surface area contributed by atoms with Crippen molar-refractivity contribution in [2.24, 2.45) is 0 Å². The Morgan fingerprint density at radius 3 is 2.75 bits per heavy atom.